The highest BCUT2D eigenvalue weighted by Gasteiger charge is 2.13. The zero-order chi connectivity index (χ0) is 33.7. The van der Waals surface area contributed by atoms with E-state index < -0.39 is 0 Å². The van der Waals surface area contributed by atoms with Crippen molar-refractivity contribution in [2.45, 2.75) is 150 Å². The minimum Gasteiger partial charge on any atom is -0.493 e. The van der Waals surface area contributed by atoms with Crippen LogP contribution < -0.4 is 4.74 Å². The Balaban J connectivity index is 1.52. The minimum atomic E-state index is 0.389. The molecular formula is C43H61N3O. The van der Waals surface area contributed by atoms with E-state index in [0.717, 1.165) is 60.5 Å². The van der Waals surface area contributed by atoms with Crippen molar-refractivity contribution in [3.8, 4) is 22.9 Å². The van der Waals surface area contributed by atoms with Crippen LogP contribution in [0, 0.1) is 11.3 Å². The van der Waals surface area contributed by atoms with E-state index in [1.807, 2.05) is 30.3 Å². The standard InChI is InChI=1S/C43H61N3O/c1-6-10-11-12-13-14-15-16-17-18-19-20-21-22-29-47-42-28-27-40(32-41(42)34(5)7-2)45-46-43-36(8-3)30-39(31-37(43)9-4)38-25-23-35(33-44)24-26-38/h23-28,30-32,34H,6-22,29H2,1-5H3/b46-45+. The third-order valence-corrected chi connectivity index (χ3v) is 9.53. The first kappa shape index (κ1) is 38.0. The van der Waals surface area contributed by atoms with Crippen LogP contribution in [-0.4, -0.2) is 6.61 Å². The fourth-order valence-electron chi connectivity index (χ4n) is 6.25. The van der Waals surface area contributed by atoms with E-state index in [1.54, 1.807) is 0 Å². The lowest BCUT2D eigenvalue weighted by molar-refractivity contribution is 0.299. The van der Waals surface area contributed by atoms with E-state index in [2.05, 4.69) is 65.0 Å². The van der Waals surface area contributed by atoms with E-state index in [0.29, 0.717) is 11.5 Å². The van der Waals surface area contributed by atoms with Gasteiger partial charge in [0.25, 0.3) is 0 Å². The average Bonchev–Trinajstić information content (AvgIpc) is 3.11. The summed E-state index contributed by atoms with van der Waals surface area (Å²) in [4.78, 5) is 0. The molecule has 0 aliphatic heterocycles. The second kappa shape index (κ2) is 22.2. The number of nitrogens with zero attached hydrogens (tertiary/aromatic N) is 3. The van der Waals surface area contributed by atoms with Gasteiger partial charge < -0.3 is 4.74 Å². The number of benzene rings is 3. The Kier molecular flexibility index (Phi) is 17.9. The predicted octanol–water partition coefficient (Wildman–Crippen LogP) is 14.1. The van der Waals surface area contributed by atoms with Crippen molar-refractivity contribution in [3.63, 3.8) is 0 Å². The fourth-order valence-corrected chi connectivity index (χ4v) is 6.25. The molecule has 0 aromatic heterocycles. The van der Waals surface area contributed by atoms with Crippen molar-refractivity contribution >= 4 is 11.4 Å². The average molecular weight is 636 g/mol. The molecule has 0 heterocycles. The van der Waals surface area contributed by atoms with Crippen molar-refractivity contribution in [1.82, 2.24) is 0 Å². The van der Waals surface area contributed by atoms with Crippen LogP contribution in [-0.2, 0) is 12.8 Å². The number of hydrogen-bond donors (Lipinski definition) is 0. The molecule has 0 bridgehead atoms. The molecule has 47 heavy (non-hydrogen) atoms. The van der Waals surface area contributed by atoms with Crippen LogP contribution in [0.25, 0.3) is 11.1 Å². The molecule has 1 unspecified atom stereocenters. The minimum absolute atomic E-state index is 0.389. The summed E-state index contributed by atoms with van der Waals surface area (Å²) in [6.45, 7) is 11.9. The summed E-state index contributed by atoms with van der Waals surface area (Å²) in [7, 11) is 0. The Hall–Kier alpha value is -3.45. The Morgan fingerprint density at radius 1 is 0.638 bits per heavy atom. The van der Waals surface area contributed by atoms with Gasteiger partial charge in [0.05, 0.1) is 29.6 Å². The van der Waals surface area contributed by atoms with Gasteiger partial charge in [0.2, 0.25) is 0 Å². The Morgan fingerprint density at radius 2 is 1.19 bits per heavy atom. The van der Waals surface area contributed by atoms with Crippen molar-refractivity contribution < 1.29 is 4.74 Å². The molecule has 4 nitrogen and oxygen atoms in total. The predicted molar refractivity (Wildman–Crippen MR) is 200 cm³/mol. The highest BCUT2D eigenvalue weighted by Crippen LogP contribution is 2.36. The number of azo groups is 1. The second-order valence-electron chi connectivity index (χ2n) is 13.2. The summed E-state index contributed by atoms with van der Waals surface area (Å²) in [6, 6.07) is 20.7. The zero-order valence-corrected chi connectivity index (χ0v) is 30.3. The third-order valence-electron chi connectivity index (χ3n) is 9.53. The molecule has 0 aliphatic rings. The lowest BCUT2D eigenvalue weighted by Gasteiger charge is -2.16. The van der Waals surface area contributed by atoms with Crippen molar-refractivity contribution in [1.29, 1.82) is 5.26 Å². The molecule has 4 heteroatoms. The van der Waals surface area contributed by atoms with Crippen LogP contribution in [0.5, 0.6) is 5.75 Å². The maximum absolute atomic E-state index is 9.17. The van der Waals surface area contributed by atoms with Crippen LogP contribution in [0.3, 0.4) is 0 Å². The summed E-state index contributed by atoms with van der Waals surface area (Å²) in [5.41, 5.74) is 8.36. The molecule has 254 valence electrons. The molecule has 3 aromatic rings. The van der Waals surface area contributed by atoms with Gasteiger partial charge >= 0.3 is 0 Å². The Bertz CT molecular complexity index is 1360. The first-order valence-electron chi connectivity index (χ1n) is 18.9. The van der Waals surface area contributed by atoms with Crippen molar-refractivity contribution in [2.75, 3.05) is 6.61 Å². The first-order chi connectivity index (χ1) is 23.0. The zero-order valence-electron chi connectivity index (χ0n) is 30.3. The van der Waals surface area contributed by atoms with Gasteiger partial charge in [-0.05, 0) is 102 Å². The van der Waals surface area contributed by atoms with Gasteiger partial charge in [-0.3, -0.25) is 0 Å². The van der Waals surface area contributed by atoms with Gasteiger partial charge in [-0.15, -0.1) is 5.11 Å². The summed E-state index contributed by atoms with van der Waals surface area (Å²) < 4.78 is 6.34. The number of ether oxygens (including phenoxy) is 1. The highest BCUT2D eigenvalue weighted by atomic mass is 16.5. The largest absolute Gasteiger partial charge is 0.493 e. The molecule has 0 radical (unpaired) electrons. The molecule has 0 aliphatic carbocycles. The number of rotatable bonds is 23. The Labute approximate surface area is 287 Å². The molecule has 0 spiro atoms. The maximum atomic E-state index is 9.17. The second-order valence-corrected chi connectivity index (χ2v) is 13.2. The van der Waals surface area contributed by atoms with Gasteiger partial charge in [-0.1, -0.05) is 130 Å². The number of hydrogen-bond acceptors (Lipinski definition) is 4. The SMILES string of the molecule is CCCCCCCCCCCCCCCCOc1ccc(/N=N/c2c(CC)cc(-c3ccc(C#N)cc3)cc2CC)cc1C(C)CC. The summed E-state index contributed by atoms with van der Waals surface area (Å²) >= 11 is 0. The van der Waals surface area contributed by atoms with Gasteiger partial charge in [0.15, 0.2) is 0 Å². The van der Waals surface area contributed by atoms with Crippen LogP contribution in [0.2, 0.25) is 0 Å². The monoisotopic (exact) mass is 635 g/mol. The van der Waals surface area contributed by atoms with Crippen LogP contribution in [0.1, 0.15) is 159 Å². The van der Waals surface area contributed by atoms with Crippen LogP contribution >= 0.6 is 0 Å². The number of nitriles is 1. The smallest absolute Gasteiger partial charge is 0.122 e. The molecule has 3 aromatic carbocycles. The lowest BCUT2D eigenvalue weighted by Crippen LogP contribution is -2.02. The molecule has 1 atom stereocenters. The molecule has 3 rings (SSSR count). The highest BCUT2D eigenvalue weighted by molar-refractivity contribution is 5.71. The topological polar surface area (TPSA) is 57.7 Å². The molecule has 0 saturated heterocycles. The molecule has 0 N–H and O–H groups in total. The van der Waals surface area contributed by atoms with Crippen LogP contribution in [0.4, 0.5) is 11.4 Å². The quantitative estimate of drug-likeness (QED) is 0.0769. The van der Waals surface area contributed by atoms with E-state index in [-0.39, 0.29) is 0 Å². The van der Waals surface area contributed by atoms with Crippen LogP contribution in [0.15, 0.2) is 64.8 Å². The number of unbranched alkanes of at least 4 members (excludes halogenated alkanes) is 13. The summed E-state index contributed by atoms with van der Waals surface area (Å²) in [6.07, 6.45) is 21.9. The van der Waals surface area contributed by atoms with Gasteiger partial charge in [0.1, 0.15) is 5.75 Å². The number of aryl methyl sites for hydroxylation is 2. The van der Waals surface area contributed by atoms with Gasteiger partial charge in [-0.2, -0.15) is 10.4 Å². The summed E-state index contributed by atoms with van der Waals surface area (Å²) in [5.74, 6) is 1.38. The summed E-state index contributed by atoms with van der Waals surface area (Å²) in [5, 5.41) is 18.7. The van der Waals surface area contributed by atoms with E-state index in [4.69, 9.17) is 15.0 Å². The normalized spacial score (nSPS) is 12.0. The molecular weight excluding hydrogens is 574 g/mol. The van der Waals surface area contributed by atoms with E-state index >= 15 is 0 Å². The van der Waals surface area contributed by atoms with E-state index in [1.165, 1.54) is 100 Å². The lowest BCUT2D eigenvalue weighted by atomic mass is 9.95. The van der Waals surface area contributed by atoms with E-state index in [9.17, 15) is 5.26 Å². The third kappa shape index (κ3) is 12.9. The molecule has 0 fully saturated rings. The maximum Gasteiger partial charge on any atom is 0.122 e. The van der Waals surface area contributed by atoms with Crippen molar-refractivity contribution in [2.24, 2.45) is 10.2 Å². The van der Waals surface area contributed by atoms with Crippen molar-refractivity contribution in [3.05, 3.63) is 76.9 Å². The fraction of sp³-hybridized carbons (Fsp3) is 0.558. The molecule has 0 amide bonds. The first-order valence-corrected chi connectivity index (χ1v) is 18.9. The Morgan fingerprint density at radius 3 is 1.70 bits per heavy atom. The molecule has 0 saturated carbocycles. The van der Waals surface area contributed by atoms with Gasteiger partial charge in [-0.25, -0.2) is 0 Å². The van der Waals surface area contributed by atoms with Gasteiger partial charge in [0, 0.05) is 0 Å².